The number of benzene rings is 2. The lowest BCUT2D eigenvalue weighted by atomic mass is 10.1. The summed E-state index contributed by atoms with van der Waals surface area (Å²) in [5.74, 6) is -1.17. The fraction of sp³-hybridized carbons (Fsp3) is 0.211. The van der Waals surface area contributed by atoms with Crippen LogP contribution in [0.5, 0.6) is 0 Å². The third kappa shape index (κ3) is 5.89. The molecule has 26 heavy (non-hydrogen) atoms. The molecule has 0 unspecified atom stereocenters. The van der Waals surface area contributed by atoms with Crippen LogP contribution < -0.4 is 5.32 Å². The zero-order chi connectivity index (χ0) is 19.1. The van der Waals surface area contributed by atoms with Gasteiger partial charge in [0.05, 0.1) is 5.69 Å². The molecule has 2 rings (SSSR count). The Morgan fingerprint density at radius 3 is 2.42 bits per heavy atom. The minimum absolute atomic E-state index is 0.161. The van der Waals surface area contributed by atoms with Gasteiger partial charge in [0, 0.05) is 15.5 Å². The molecule has 0 saturated carbocycles. The summed E-state index contributed by atoms with van der Waals surface area (Å²) in [6.07, 6.45) is 0. The number of esters is 1. The van der Waals surface area contributed by atoms with Crippen LogP contribution in [0.1, 0.15) is 24.2 Å². The molecule has 0 heterocycles. The van der Waals surface area contributed by atoms with E-state index in [-0.39, 0.29) is 5.78 Å². The molecule has 5 nitrogen and oxygen atoms in total. The summed E-state index contributed by atoms with van der Waals surface area (Å²) >= 11 is 7.14. The number of carbonyl (C=O) groups is 3. The van der Waals surface area contributed by atoms with Crippen LogP contribution in [0.2, 0.25) is 5.02 Å². The molecule has 0 fully saturated rings. The largest absolute Gasteiger partial charge is 0.455 e. The molecule has 0 aliphatic rings. The van der Waals surface area contributed by atoms with Crippen LogP contribution in [-0.4, -0.2) is 29.5 Å². The first-order valence-corrected chi connectivity index (χ1v) is 9.11. The smallest absolute Gasteiger partial charge is 0.319 e. The predicted molar refractivity (Wildman–Crippen MR) is 103 cm³/mol. The van der Waals surface area contributed by atoms with Gasteiger partial charge in [0.1, 0.15) is 5.25 Å². The molecule has 2 aromatic rings. The molecule has 7 heteroatoms. The number of para-hydroxylation sites is 1. The maximum absolute atomic E-state index is 12.0. The highest BCUT2D eigenvalue weighted by atomic mass is 35.5. The lowest BCUT2D eigenvalue weighted by Crippen LogP contribution is -2.25. The number of anilines is 1. The number of halogens is 1. The summed E-state index contributed by atoms with van der Waals surface area (Å²) in [6.45, 7) is 2.70. The fourth-order valence-electron chi connectivity index (χ4n) is 2.10. The number of carbonyl (C=O) groups excluding carboxylic acids is 3. The van der Waals surface area contributed by atoms with Gasteiger partial charge in [-0.25, -0.2) is 0 Å². The van der Waals surface area contributed by atoms with E-state index < -0.39 is 23.7 Å². The summed E-state index contributed by atoms with van der Waals surface area (Å²) in [7, 11) is 0. The highest BCUT2D eigenvalue weighted by Gasteiger charge is 2.18. The standard InChI is InChI=1S/C19H18ClNO4S/c1-12(22)16-5-3-4-6-17(16)21-18(23)11-25-19(24)13(2)26-15-9-7-14(20)8-10-15/h3-10,13H,11H2,1-2H3,(H,21,23)/t13-/m0/s1. The number of hydrogen-bond acceptors (Lipinski definition) is 5. The molecule has 2 aromatic carbocycles. The van der Waals surface area contributed by atoms with Gasteiger partial charge in [0.25, 0.3) is 5.91 Å². The molecular formula is C19H18ClNO4S. The van der Waals surface area contributed by atoms with E-state index in [1.807, 2.05) is 12.1 Å². The monoisotopic (exact) mass is 391 g/mol. The van der Waals surface area contributed by atoms with E-state index >= 15 is 0 Å². The van der Waals surface area contributed by atoms with E-state index in [0.29, 0.717) is 16.3 Å². The van der Waals surface area contributed by atoms with Crippen LogP contribution >= 0.6 is 23.4 Å². The summed E-state index contributed by atoms with van der Waals surface area (Å²) in [4.78, 5) is 36.5. The Bertz CT molecular complexity index is 807. The van der Waals surface area contributed by atoms with Crippen LogP contribution in [0, 0.1) is 0 Å². The molecule has 0 aliphatic carbocycles. The van der Waals surface area contributed by atoms with Crippen molar-refractivity contribution in [2.75, 3.05) is 11.9 Å². The number of ketones is 1. The first kappa shape index (κ1) is 20.0. The van der Waals surface area contributed by atoms with Crippen molar-refractivity contribution < 1.29 is 19.1 Å². The Morgan fingerprint density at radius 1 is 1.12 bits per heavy atom. The summed E-state index contributed by atoms with van der Waals surface area (Å²) < 4.78 is 5.05. The van der Waals surface area contributed by atoms with Gasteiger partial charge >= 0.3 is 5.97 Å². The first-order valence-electron chi connectivity index (χ1n) is 7.85. The van der Waals surface area contributed by atoms with E-state index in [4.69, 9.17) is 16.3 Å². The van der Waals surface area contributed by atoms with Crippen molar-refractivity contribution >= 4 is 46.7 Å². The van der Waals surface area contributed by atoms with Crippen molar-refractivity contribution in [3.8, 4) is 0 Å². The maximum Gasteiger partial charge on any atom is 0.319 e. The lowest BCUT2D eigenvalue weighted by molar-refractivity contribution is -0.146. The molecule has 0 aliphatic heterocycles. The Hall–Kier alpha value is -2.31. The fourth-order valence-corrected chi connectivity index (χ4v) is 3.10. The van der Waals surface area contributed by atoms with E-state index in [9.17, 15) is 14.4 Å². The Morgan fingerprint density at radius 2 is 1.77 bits per heavy atom. The SMILES string of the molecule is CC(=O)c1ccccc1NC(=O)COC(=O)[C@H](C)Sc1ccc(Cl)cc1. The van der Waals surface area contributed by atoms with Gasteiger partial charge in [0.2, 0.25) is 0 Å². The van der Waals surface area contributed by atoms with Crippen molar-refractivity contribution in [2.45, 2.75) is 24.0 Å². The second kappa shape index (κ2) is 9.40. The third-order valence-electron chi connectivity index (χ3n) is 3.38. The topological polar surface area (TPSA) is 72.5 Å². The maximum atomic E-state index is 12.0. The van der Waals surface area contributed by atoms with Crippen molar-refractivity contribution in [1.29, 1.82) is 0 Å². The van der Waals surface area contributed by atoms with Crippen LogP contribution in [0.4, 0.5) is 5.69 Å². The van der Waals surface area contributed by atoms with E-state index in [2.05, 4.69) is 5.32 Å². The van der Waals surface area contributed by atoms with Crippen molar-refractivity contribution in [3.05, 3.63) is 59.1 Å². The van der Waals surface area contributed by atoms with Crippen LogP contribution in [0.25, 0.3) is 0 Å². The molecule has 0 saturated heterocycles. The molecule has 0 radical (unpaired) electrons. The van der Waals surface area contributed by atoms with Gasteiger partial charge in [-0.15, -0.1) is 11.8 Å². The number of nitrogens with one attached hydrogen (secondary N) is 1. The minimum atomic E-state index is -0.504. The van der Waals surface area contributed by atoms with E-state index in [1.165, 1.54) is 18.7 Å². The van der Waals surface area contributed by atoms with Gasteiger partial charge in [0.15, 0.2) is 12.4 Å². The minimum Gasteiger partial charge on any atom is -0.455 e. The van der Waals surface area contributed by atoms with Gasteiger partial charge in [-0.05, 0) is 50.2 Å². The zero-order valence-electron chi connectivity index (χ0n) is 14.3. The zero-order valence-corrected chi connectivity index (χ0v) is 15.9. The summed E-state index contributed by atoms with van der Waals surface area (Å²) in [5, 5.41) is 2.72. The third-order valence-corrected chi connectivity index (χ3v) is 4.73. The van der Waals surface area contributed by atoms with Crippen molar-refractivity contribution in [3.63, 3.8) is 0 Å². The normalized spacial score (nSPS) is 11.5. The number of rotatable bonds is 7. The second-order valence-corrected chi connectivity index (χ2v) is 7.32. The summed E-state index contributed by atoms with van der Waals surface area (Å²) in [5.41, 5.74) is 0.795. The number of amides is 1. The number of thioether (sulfide) groups is 1. The highest BCUT2D eigenvalue weighted by Crippen LogP contribution is 2.25. The highest BCUT2D eigenvalue weighted by molar-refractivity contribution is 8.00. The van der Waals surface area contributed by atoms with Gasteiger partial charge in [-0.3, -0.25) is 14.4 Å². The number of Topliss-reactive ketones (excluding diaryl/α,β-unsaturated/α-hetero) is 1. The summed E-state index contributed by atoms with van der Waals surface area (Å²) in [6, 6.07) is 13.7. The predicted octanol–water partition coefficient (Wildman–Crippen LogP) is 4.21. The first-order chi connectivity index (χ1) is 12.4. The second-order valence-electron chi connectivity index (χ2n) is 5.47. The molecule has 136 valence electrons. The Labute approximate surface area is 161 Å². The molecule has 1 amide bonds. The van der Waals surface area contributed by atoms with Crippen LogP contribution in [0.3, 0.4) is 0 Å². The van der Waals surface area contributed by atoms with Gasteiger partial charge in [-0.2, -0.15) is 0 Å². The molecule has 0 spiro atoms. The van der Waals surface area contributed by atoms with E-state index in [1.54, 1.807) is 43.3 Å². The average molecular weight is 392 g/mol. The molecule has 0 aromatic heterocycles. The average Bonchev–Trinajstić information content (AvgIpc) is 2.61. The quantitative estimate of drug-likeness (QED) is 0.435. The Balaban J connectivity index is 1.85. The molecule has 1 atom stereocenters. The lowest BCUT2D eigenvalue weighted by Gasteiger charge is -2.12. The van der Waals surface area contributed by atoms with Crippen LogP contribution in [0.15, 0.2) is 53.4 Å². The van der Waals surface area contributed by atoms with Crippen molar-refractivity contribution in [1.82, 2.24) is 0 Å². The van der Waals surface area contributed by atoms with Crippen LogP contribution in [-0.2, 0) is 14.3 Å². The number of hydrogen-bond donors (Lipinski definition) is 1. The van der Waals surface area contributed by atoms with Crippen molar-refractivity contribution in [2.24, 2.45) is 0 Å². The molecular weight excluding hydrogens is 374 g/mol. The number of ether oxygens (including phenoxy) is 1. The van der Waals surface area contributed by atoms with E-state index in [0.717, 1.165) is 4.90 Å². The van der Waals surface area contributed by atoms with Gasteiger partial charge < -0.3 is 10.1 Å². The molecule has 0 bridgehead atoms. The van der Waals surface area contributed by atoms with Gasteiger partial charge in [-0.1, -0.05) is 23.7 Å². The Kier molecular flexibility index (Phi) is 7.24. The molecule has 1 N–H and O–H groups in total.